The van der Waals surface area contributed by atoms with Crippen molar-refractivity contribution in [3.63, 3.8) is 0 Å². The zero-order valence-electron chi connectivity index (χ0n) is 15.6. The van der Waals surface area contributed by atoms with Crippen LogP contribution in [-0.4, -0.2) is 67.1 Å². The molecule has 0 unspecified atom stereocenters. The lowest BCUT2D eigenvalue weighted by Crippen LogP contribution is -2.43. The summed E-state index contributed by atoms with van der Waals surface area (Å²) in [5, 5.41) is 12.4. The molecule has 2 aliphatic rings. The number of urea groups is 1. The minimum atomic E-state index is -0.281. The number of fused-ring (bicyclic) bond motifs is 1. The van der Waals surface area contributed by atoms with Crippen molar-refractivity contribution in [1.82, 2.24) is 15.1 Å². The van der Waals surface area contributed by atoms with Crippen LogP contribution in [0.25, 0.3) is 0 Å². The van der Waals surface area contributed by atoms with E-state index in [2.05, 4.69) is 10.2 Å². The molecule has 0 aromatic heterocycles. The average molecular weight is 363 g/mol. The van der Waals surface area contributed by atoms with E-state index in [0.717, 1.165) is 56.1 Å². The molecule has 26 heavy (non-hydrogen) atoms. The van der Waals surface area contributed by atoms with Crippen molar-refractivity contribution in [1.29, 1.82) is 0 Å². The number of carbonyl (C=O) groups excluding carboxylic acids is 1. The number of aliphatic hydroxyl groups is 1. The van der Waals surface area contributed by atoms with E-state index in [-0.39, 0.29) is 18.9 Å². The molecule has 1 aromatic carbocycles. The molecular formula is C19H29N3O4. The topological polar surface area (TPSA) is 74.3 Å². The number of rotatable bonds is 6. The van der Waals surface area contributed by atoms with Crippen molar-refractivity contribution in [3.05, 3.63) is 23.8 Å². The molecule has 2 N–H and O–H groups in total. The van der Waals surface area contributed by atoms with E-state index in [1.54, 1.807) is 4.90 Å². The largest absolute Gasteiger partial charge is 0.454 e. The number of hydrogen-bond acceptors (Lipinski definition) is 5. The molecule has 7 nitrogen and oxygen atoms in total. The van der Waals surface area contributed by atoms with Gasteiger partial charge in [-0.05, 0) is 56.5 Å². The van der Waals surface area contributed by atoms with Gasteiger partial charge in [-0.3, -0.25) is 0 Å². The first-order chi connectivity index (χ1) is 12.5. The van der Waals surface area contributed by atoms with Gasteiger partial charge in [0.2, 0.25) is 6.79 Å². The van der Waals surface area contributed by atoms with E-state index in [0.29, 0.717) is 12.5 Å². The predicted molar refractivity (Wildman–Crippen MR) is 98.3 cm³/mol. The molecule has 1 aromatic rings. The molecular weight excluding hydrogens is 334 g/mol. The summed E-state index contributed by atoms with van der Waals surface area (Å²) in [5.74, 6) is 2.00. The van der Waals surface area contributed by atoms with Gasteiger partial charge < -0.3 is 29.7 Å². The first-order valence-corrected chi connectivity index (χ1v) is 9.29. The highest BCUT2D eigenvalue weighted by molar-refractivity contribution is 5.73. The second-order valence-electron chi connectivity index (χ2n) is 7.32. The van der Waals surface area contributed by atoms with Crippen LogP contribution in [0.5, 0.6) is 11.5 Å². The van der Waals surface area contributed by atoms with Gasteiger partial charge in [0.15, 0.2) is 11.5 Å². The third-order valence-corrected chi connectivity index (χ3v) is 4.99. The molecule has 1 atom stereocenters. The lowest BCUT2D eigenvalue weighted by Gasteiger charge is -2.34. The summed E-state index contributed by atoms with van der Waals surface area (Å²) in [6.07, 6.45) is 1.84. The lowest BCUT2D eigenvalue weighted by atomic mass is 9.96. The normalized spacial score (nSPS) is 18.6. The first-order valence-electron chi connectivity index (χ1n) is 9.29. The van der Waals surface area contributed by atoms with E-state index in [9.17, 15) is 9.90 Å². The summed E-state index contributed by atoms with van der Waals surface area (Å²) in [7, 11) is 1.84. The molecule has 0 spiro atoms. The van der Waals surface area contributed by atoms with Crippen LogP contribution in [0.1, 0.15) is 25.3 Å². The average Bonchev–Trinajstić information content (AvgIpc) is 3.08. The van der Waals surface area contributed by atoms with Crippen molar-refractivity contribution in [3.8, 4) is 11.5 Å². The van der Waals surface area contributed by atoms with Crippen molar-refractivity contribution >= 4 is 6.03 Å². The van der Waals surface area contributed by atoms with Crippen LogP contribution in [0.2, 0.25) is 0 Å². The lowest BCUT2D eigenvalue weighted by molar-refractivity contribution is 0.0945. The summed E-state index contributed by atoms with van der Waals surface area (Å²) in [6, 6.07) is 5.65. The number of nitrogens with one attached hydrogen (secondary N) is 1. The molecule has 0 bridgehead atoms. The highest BCUT2D eigenvalue weighted by atomic mass is 16.7. The fourth-order valence-electron chi connectivity index (χ4n) is 3.56. The van der Waals surface area contributed by atoms with Gasteiger partial charge in [0, 0.05) is 26.7 Å². The van der Waals surface area contributed by atoms with Gasteiger partial charge in [-0.25, -0.2) is 4.79 Å². The Morgan fingerprint density at radius 1 is 1.35 bits per heavy atom. The molecule has 2 amide bonds. The fraction of sp³-hybridized carbons (Fsp3) is 0.632. The van der Waals surface area contributed by atoms with E-state index in [4.69, 9.17) is 9.47 Å². The maximum absolute atomic E-state index is 12.3. The quantitative estimate of drug-likeness (QED) is 0.804. The number of piperidine rings is 1. The summed E-state index contributed by atoms with van der Waals surface area (Å²) < 4.78 is 10.7. The molecule has 2 heterocycles. The molecule has 1 fully saturated rings. The van der Waals surface area contributed by atoms with E-state index in [1.807, 2.05) is 32.2 Å². The number of aliphatic hydroxyl groups excluding tert-OH is 1. The van der Waals surface area contributed by atoms with Crippen LogP contribution in [-0.2, 0) is 6.54 Å². The van der Waals surface area contributed by atoms with Gasteiger partial charge in [-0.15, -0.1) is 0 Å². The first kappa shape index (κ1) is 18.8. The predicted octanol–water partition coefficient (Wildman–Crippen LogP) is 1.65. The van der Waals surface area contributed by atoms with Crippen LogP contribution in [0.3, 0.4) is 0 Å². The van der Waals surface area contributed by atoms with Gasteiger partial charge >= 0.3 is 6.03 Å². The molecule has 1 saturated heterocycles. The second kappa shape index (κ2) is 8.60. The Hall–Kier alpha value is -1.99. The number of hydrogen-bond donors (Lipinski definition) is 2. The van der Waals surface area contributed by atoms with Crippen molar-refractivity contribution in [2.75, 3.05) is 40.0 Å². The van der Waals surface area contributed by atoms with Crippen LogP contribution < -0.4 is 14.8 Å². The standard InChI is InChI=1S/C19H29N3O4/c1-14(23)11-22-7-5-15(6-8-22)12-21(2)19(24)20-10-16-3-4-17-18(9-16)26-13-25-17/h3-4,9,14-15,23H,5-8,10-13H2,1-2H3,(H,20,24)/t14-/m0/s1. The van der Waals surface area contributed by atoms with Gasteiger partial charge in [-0.2, -0.15) is 0 Å². The second-order valence-corrected chi connectivity index (χ2v) is 7.32. The minimum Gasteiger partial charge on any atom is -0.454 e. The Labute approximate surface area is 154 Å². The monoisotopic (exact) mass is 363 g/mol. The SMILES string of the molecule is C[C@H](O)CN1CCC(CN(C)C(=O)NCc2ccc3c(c2)OCO3)CC1. The number of likely N-dealkylation sites (tertiary alicyclic amines) is 1. The summed E-state index contributed by atoms with van der Waals surface area (Å²) >= 11 is 0. The molecule has 0 radical (unpaired) electrons. The molecule has 3 rings (SSSR count). The minimum absolute atomic E-state index is 0.0610. The van der Waals surface area contributed by atoms with Gasteiger partial charge in [0.25, 0.3) is 0 Å². The van der Waals surface area contributed by atoms with Crippen LogP contribution in [0, 0.1) is 5.92 Å². The Morgan fingerprint density at radius 3 is 2.81 bits per heavy atom. The van der Waals surface area contributed by atoms with Gasteiger partial charge in [0.05, 0.1) is 6.10 Å². The zero-order valence-corrected chi connectivity index (χ0v) is 15.6. The fourth-order valence-corrected chi connectivity index (χ4v) is 3.56. The summed E-state index contributed by atoms with van der Waals surface area (Å²) in [5.41, 5.74) is 0.988. The summed E-state index contributed by atoms with van der Waals surface area (Å²) in [4.78, 5) is 16.4. The van der Waals surface area contributed by atoms with Crippen molar-refractivity contribution in [2.45, 2.75) is 32.4 Å². The Kier molecular flexibility index (Phi) is 6.21. The van der Waals surface area contributed by atoms with Gasteiger partial charge in [0.1, 0.15) is 0 Å². The van der Waals surface area contributed by atoms with Crippen LogP contribution >= 0.6 is 0 Å². The number of nitrogens with zero attached hydrogens (tertiary/aromatic N) is 2. The smallest absolute Gasteiger partial charge is 0.317 e. The highest BCUT2D eigenvalue weighted by Gasteiger charge is 2.22. The third-order valence-electron chi connectivity index (χ3n) is 4.99. The maximum Gasteiger partial charge on any atom is 0.317 e. The van der Waals surface area contributed by atoms with E-state index < -0.39 is 0 Å². The molecule has 2 aliphatic heterocycles. The molecule has 144 valence electrons. The highest BCUT2D eigenvalue weighted by Crippen LogP contribution is 2.32. The van der Waals surface area contributed by atoms with Gasteiger partial charge in [-0.1, -0.05) is 6.07 Å². The number of carbonyl (C=O) groups is 1. The van der Waals surface area contributed by atoms with Crippen molar-refractivity contribution in [2.24, 2.45) is 5.92 Å². The number of β-amino-alcohol motifs (C(OH)–C–C–N with tert-alkyl or cyclic N) is 1. The summed E-state index contributed by atoms with van der Waals surface area (Å²) in [6.45, 7) is 6.01. The molecule has 0 saturated carbocycles. The molecule has 0 aliphatic carbocycles. The maximum atomic E-state index is 12.3. The third kappa shape index (κ3) is 5.02. The van der Waals surface area contributed by atoms with E-state index >= 15 is 0 Å². The van der Waals surface area contributed by atoms with Crippen LogP contribution in [0.4, 0.5) is 4.79 Å². The Bertz CT molecular complexity index is 615. The zero-order chi connectivity index (χ0) is 18.5. The Balaban J connectivity index is 1.39. The number of benzene rings is 1. The Morgan fingerprint density at radius 2 is 2.08 bits per heavy atom. The van der Waals surface area contributed by atoms with E-state index in [1.165, 1.54) is 0 Å². The van der Waals surface area contributed by atoms with Crippen LogP contribution in [0.15, 0.2) is 18.2 Å². The number of ether oxygens (including phenoxy) is 2. The molecule has 7 heteroatoms. The van der Waals surface area contributed by atoms with Crippen molar-refractivity contribution < 1.29 is 19.4 Å². The number of amides is 2.